The van der Waals surface area contributed by atoms with Gasteiger partial charge in [0.1, 0.15) is 18.1 Å². The summed E-state index contributed by atoms with van der Waals surface area (Å²) in [6, 6.07) is 10.6. The van der Waals surface area contributed by atoms with Crippen molar-refractivity contribution < 1.29 is 9.53 Å². The number of ether oxygens (including phenoxy) is 1. The van der Waals surface area contributed by atoms with E-state index < -0.39 is 0 Å². The third kappa shape index (κ3) is 3.90. The minimum absolute atomic E-state index is 0.163. The number of amides is 1. The van der Waals surface area contributed by atoms with Gasteiger partial charge in [0.05, 0.1) is 18.7 Å². The standard InChI is InChI=1S/C21H27N5O2/c27-21(22-16-6-7-16)20-13-25-9-8-15(20)10-18(25)12-26-11-17(23-24-26)14-28-19-4-2-1-3-5-19/h1-5,11,15-16,18,20H,6-10,12-14H2,(H,22,27)/t15-,18-,20+/m1/s1. The second-order valence-corrected chi connectivity index (χ2v) is 8.36. The fraction of sp³-hybridized carbons (Fsp3) is 0.571. The Bertz CT molecular complexity index is 819. The quantitative estimate of drug-likeness (QED) is 0.792. The molecule has 4 atom stereocenters. The highest BCUT2D eigenvalue weighted by Gasteiger charge is 2.44. The van der Waals surface area contributed by atoms with Gasteiger partial charge in [0.25, 0.3) is 0 Å². The Kier molecular flexibility index (Phi) is 4.76. The molecule has 7 heteroatoms. The van der Waals surface area contributed by atoms with Crippen LogP contribution in [0.2, 0.25) is 0 Å². The number of hydrogen-bond acceptors (Lipinski definition) is 5. The predicted molar refractivity (Wildman–Crippen MR) is 104 cm³/mol. The summed E-state index contributed by atoms with van der Waals surface area (Å²) in [6.07, 6.45) is 6.48. The van der Waals surface area contributed by atoms with Crippen molar-refractivity contribution in [1.82, 2.24) is 25.2 Å². The molecule has 2 aromatic rings. The van der Waals surface area contributed by atoms with E-state index in [4.69, 9.17) is 4.74 Å². The summed E-state index contributed by atoms with van der Waals surface area (Å²) in [5.74, 6) is 1.77. The van der Waals surface area contributed by atoms with Crippen molar-refractivity contribution in [3.63, 3.8) is 0 Å². The maximum absolute atomic E-state index is 12.5. The highest BCUT2D eigenvalue weighted by Crippen LogP contribution is 2.37. The minimum Gasteiger partial charge on any atom is -0.487 e. The van der Waals surface area contributed by atoms with Gasteiger partial charge in [-0.2, -0.15) is 0 Å². The molecule has 148 valence electrons. The van der Waals surface area contributed by atoms with Crippen molar-refractivity contribution >= 4 is 5.91 Å². The zero-order valence-corrected chi connectivity index (χ0v) is 16.0. The van der Waals surface area contributed by atoms with Crippen LogP contribution in [0.5, 0.6) is 5.75 Å². The van der Waals surface area contributed by atoms with Gasteiger partial charge in [0, 0.05) is 18.6 Å². The molecule has 4 aliphatic rings. The van der Waals surface area contributed by atoms with Gasteiger partial charge in [-0.15, -0.1) is 5.10 Å². The molecule has 0 spiro atoms. The lowest BCUT2D eigenvalue weighted by atomic mass is 9.75. The van der Waals surface area contributed by atoms with Crippen LogP contribution in [-0.2, 0) is 17.9 Å². The molecule has 6 rings (SSSR count). The average Bonchev–Trinajstić information content (AvgIpc) is 3.44. The van der Waals surface area contributed by atoms with Crippen molar-refractivity contribution in [3.8, 4) is 5.75 Å². The van der Waals surface area contributed by atoms with Crippen molar-refractivity contribution in [2.75, 3.05) is 13.1 Å². The number of para-hydroxylation sites is 1. The number of benzene rings is 1. The van der Waals surface area contributed by atoms with Crippen LogP contribution in [0.1, 0.15) is 31.4 Å². The third-order valence-electron chi connectivity index (χ3n) is 6.25. The van der Waals surface area contributed by atoms with Crippen LogP contribution >= 0.6 is 0 Å². The molecule has 1 aromatic heterocycles. The van der Waals surface area contributed by atoms with Crippen molar-refractivity contribution in [2.45, 2.75) is 50.9 Å². The molecular formula is C21H27N5O2. The Morgan fingerprint density at radius 3 is 2.82 bits per heavy atom. The highest BCUT2D eigenvalue weighted by atomic mass is 16.5. The van der Waals surface area contributed by atoms with Crippen LogP contribution in [0, 0.1) is 11.8 Å². The summed E-state index contributed by atoms with van der Waals surface area (Å²) < 4.78 is 7.68. The van der Waals surface area contributed by atoms with E-state index in [-0.39, 0.29) is 11.8 Å². The first-order valence-corrected chi connectivity index (χ1v) is 10.4. The average molecular weight is 381 g/mol. The summed E-state index contributed by atoms with van der Waals surface area (Å²) in [5.41, 5.74) is 0.835. The fourth-order valence-corrected chi connectivity index (χ4v) is 4.54. The molecule has 28 heavy (non-hydrogen) atoms. The Morgan fingerprint density at radius 1 is 1.21 bits per heavy atom. The summed E-state index contributed by atoms with van der Waals surface area (Å²) >= 11 is 0. The first-order valence-electron chi connectivity index (χ1n) is 10.4. The van der Waals surface area contributed by atoms with Gasteiger partial charge in [-0.1, -0.05) is 23.4 Å². The molecule has 7 nitrogen and oxygen atoms in total. The lowest BCUT2D eigenvalue weighted by Gasteiger charge is -2.49. The van der Waals surface area contributed by atoms with E-state index in [1.54, 1.807) is 0 Å². The van der Waals surface area contributed by atoms with Crippen LogP contribution in [0.25, 0.3) is 0 Å². The number of piperidine rings is 3. The number of hydrogen-bond donors (Lipinski definition) is 1. The maximum atomic E-state index is 12.5. The van der Waals surface area contributed by atoms with E-state index in [1.807, 2.05) is 41.2 Å². The number of carbonyl (C=O) groups is 1. The molecule has 1 amide bonds. The smallest absolute Gasteiger partial charge is 0.224 e. The monoisotopic (exact) mass is 381 g/mol. The molecule has 3 saturated heterocycles. The van der Waals surface area contributed by atoms with Crippen molar-refractivity contribution in [2.24, 2.45) is 11.8 Å². The molecule has 3 aliphatic heterocycles. The number of nitrogens with zero attached hydrogens (tertiary/aromatic N) is 4. The Labute approximate surface area is 165 Å². The topological polar surface area (TPSA) is 72.3 Å². The van der Waals surface area contributed by atoms with Crippen LogP contribution in [-0.4, -0.2) is 51.0 Å². The van der Waals surface area contributed by atoms with Crippen molar-refractivity contribution in [3.05, 3.63) is 42.2 Å². The second-order valence-electron chi connectivity index (χ2n) is 8.36. The molecular weight excluding hydrogens is 354 g/mol. The van der Waals surface area contributed by atoms with Gasteiger partial charge >= 0.3 is 0 Å². The SMILES string of the molecule is O=C(NC1CC1)[C@H]1CN2CC[C@@H]1C[C@@H]2Cn1cc(COc2ccccc2)nn1. The van der Waals surface area contributed by atoms with Crippen LogP contribution in [0.3, 0.4) is 0 Å². The molecule has 1 aromatic carbocycles. The molecule has 1 N–H and O–H groups in total. The summed E-state index contributed by atoms with van der Waals surface area (Å²) in [6.45, 7) is 3.21. The molecule has 4 heterocycles. The van der Waals surface area contributed by atoms with Gasteiger partial charge in [-0.05, 0) is 50.3 Å². The molecule has 1 saturated carbocycles. The molecule has 4 fully saturated rings. The lowest BCUT2D eigenvalue weighted by Crippen LogP contribution is -2.58. The zero-order chi connectivity index (χ0) is 18.9. The van der Waals surface area contributed by atoms with Crippen LogP contribution in [0.15, 0.2) is 36.5 Å². The van der Waals surface area contributed by atoms with E-state index in [0.717, 1.165) is 56.8 Å². The van der Waals surface area contributed by atoms with Crippen LogP contribution in [0.4, 0.5) is 0 Å². The van der Waals surface area contributed by atoms with E-state index >= 15 is 0 Å². The lowest BCUT2D eigenvalue weighted by molar-refractivity contribution is -0.133. The zero-order valence-electron chi connectivity index (χ0n) is 16.0. The third-order valence-corrected chi connectivity index (χ3v) is 6.25. The minimum atomic E-state index is 0.163. The summed E-state index contributed by atoms with van der Waals surface area (Å²) in [5, 5.41) is 11.7. The Hall–Kier alpha value is -2.41. The van der Waals surface area contributed by atoms with E-state index in [1.165, 1.54) is 0 Å². The second kappa shape index (κ2) is 7.54. The Balaban J connectivity index is 1.15. The fourth-order valence-electron chi connectivity index (χ4n) is 4.54. The highest BCUT2D eigenvalue weighted by molar-refractivity contribution is 5.80. The van der Waals surface area contributed by atoms with E-state index in [2.05, 4.69) is 20.5 Å². The largest absolute Gasteiger partial charge is 0.487 e. The van der Waals surface area contributed by atoms with Gasteiger partial charge in [-0.25, -0.2) is 0 Å². The summed E-state index contributed by atoms with van der Waals surface area (Å²) in [7, 11) is 0. The number of rotatable bonds is 7. The van der Waals surface area contributed by atoms with Gasteiger partial charge < -0.3 is 10.1 Å². The molecule has 0 radical (unpaired) electrons. The van der Waals surface area contributed by atoms with Gasteiger partial charge in [-0.3, -0.25) is 14.4 Å². The first kappa shape index (κ1) is 17.7. The first-order chi connectivity index (χ1) is 13.7. The number of aromatic nitrogens is 3. The maximum Gasteiger partial charge on any atom is 0.224 e. The normalized spacial score (nSPS) is 28.9. The van der Waals surface area contributed by atoms with Crippen molar-refractivity contribution in [1.29, 1.82) is 0 Å². The van der Waals surface area contributed by atoms with Gasteiger partial charge in [0.2, 0.25) is 5.91 Å². The van der Waals surface area contributed by atoms with Crippen LogP contribution < -0.4 is 10.1 Å². The van der Waals surface area contributed by atoms with E-state index in [0.29, 0.717) is 24.6 Å². The molecule has 1 aliphatic carbocycles. The predicted octanol–water partition coefficient (Wildman–Crippen LogP) is 1.85. The number of nitrogens with one attached hydrogen (secondary N) is 1. The number of fused-ring (bicyclic) bond motifs is 3. The Morgan fingerprint density at radius 2 is 2.07 bits per heavy atom. The molecule has 2 bridgehead atoms. The number of carbonyl (C=O) groups excluding carboxylic acids is 1. The summed E-state index contributed by atoms with van der Waals surface area (Å²) in [4.78, 5) is 15.0. The van der Waals surface area contributed by atoms with E-state index in [9.17, 15) is 4.79 Å². The van der Waals surface area contributed by atoms with Gasteiger partial charge in [0.15, 0.2) is 0 Å². The molecule has 1 unspecified atom stereocenters.